The number of esters is 1. The Labute approximate surface area is 183 Å². The zero-order valence-corrected chi connectivity index (χ0v) is 18.2. The molecule has 2 amide bonds. The Morgan fingerprint density at radius 3 is 2.73 bits per heavy atom. The first kappa shape index (κ1) is 21.8. The highest BCUT2D eigenvalue weighted by Crippen LogP contribution is 2.34. The molecule has 2 aromatic rings. The van der Waals surface area contributed by atoms with E-state index in [0.717, 1.165) is 10.0 Å². The molecule has 0 aromatic heterocycles. The Hall–Kier alpha value is -2.87. The van der Waals surface area contributed by atoms with Gasteiger partial charge in [-0.15, -0.1) is 0 Å². The molecular formula is C22H23BrN2O5. The molecule has 0 unspecified atom stereocenters. The van der Waals surface area contributed by atoms with E-state index >= 15 is 0 Å². The monoisotopic (exact) mass is 474 g/mol. The van der Waals surface area contributed by atoms with E-state index in [1.807, 2.05) is 31.2 Å². The van der Waals surface area contributed by atoms with Gasteiger partial charge in [-0.25, -0.2) is 0 Å². The van der Waals surface area contributed by atoms with Crippen molar-refractivity contribution in [3.8, 4) is 5.75 Å². The summed E-state index contributed by atoms with van der Waals surface area (Å²) in [6, 6.07) is 13.3. The Balaban J connectivity index is 1.38. The Kier molecular flexibility index (Phi) is 7.46. The van der Waals surface area contributed by atoms with Gasteiger partial charge < -0.3 is 14.8 Å². The van der Waals surface area contributed by atoms with Crippen molar-refractivity contribution < 1.29 is 23.9 Å². The maximum Gasteiger partial charge on any atom is 0.326 e. The highest BCUT2D eigenvalue weighted by molar-refractivity contribution is 9.10. The summed E-state index contributed by atoms with van der Waals surface area (Å²) in [7, 11) is 0. The molecule has 0 radical (unpaired) electrons. The van der Waals surface area contributed by atoms with Crippen LogP contribution in [0.2, 0.25) is 0 Å². The summed E-state index contributed by atoms with van der Waals surface area (Å²) in [5.74, 6) is -0.439. The van der Waals surface area contributed by atoms with E-state index in [9.17, 15) is 14.4 Å². The van der Waals surface area contributed by atoms with Gasteiger partial charge in [0.1, 0.15) is 18.9 Å². The average Bonchev–Trinajstić information content (AvgIpc) is 2.73. The lowest BCUT2D eigenvalue weighted by molar-refractivity contribution is -0.143. The van der Waals surface area contributed by atoms with E-state index in [0.29, 0.717) is 24.3 Å². The first-order valence-electron chi connectivity index (χ1n) is 9.63. The second-order valence-corrected chi connectivity index (χ2v) is 7.85. The smallest absolute Gasteiger partial charge is 0.326 e. The molecule has 7 nitrogen and oxygen atoms in total. The molecular weight excluding hydrogens is 452 g/mol. The molecule has 1 heterocycles. The number of anilines is 1. The number of benzene rings is 2. The zero-order valence-electron chi connectivity index (χ0n) is 16.7. The topological polar surface area (TPSA) is 84.9 Å². The maximum absolute atomic E-state index is 12.1. The fraction of sp³-hybridized carbons (Fsp3) is 0.318. The minimum atomic E-state index is -0.548. The molecule has 0 spiro atoms. The fourth-order valence-electron chi connectivity index (χ4n) is 2.98. The molecule has 8 heteroatoms. The quantitative estimate of drug-likeness (QED) is 0.469. The number of nitrogens with one attached hydrogen (secondary N) is 1. The number of fused-ring (bicyclic) bond motifs is 1. The van der Waals surface area contributed by atoms with Crippen LogP contribution in [0.15, 0.2) is 46.9 Å². The number of ether oxygens (including phenoxy) is 2. The molecule has 0 fully saturated rings. The molecule has 3 rings (SSSR count). The molecule has 158 valence electrons. The van der Waals surface area contributed by atoms with Gasteiger partial charge in [-0.3, -0.25) is 19.3 Å². The summed E-state index contributed by atoms with van der Waals surface area (Å²) in [4.78, 5) is 37.5. The Morgan fingerprint density at radius 2 is 1.97 bits per heavy atom. The number of rotatable bonds is 8. The first-order valence-corrected chi connectivity index (χ1v) is 10.4. The van der Waals surface area contributed by atoms with Crippen molar-refractivity contribution in [3.63, 3.8) is 0 Å². The highest BCUT2D eigenvalue weighted by atomic mass is 79.9. The van der Waals surface area contributed by atoms with Gasteiger partial charge in [-0.2, -0.15) is 0 Å². The first-order chi connectivity index (χ1) is 14.4. The van der Waals surface area contributed by atoms with E-state index in [4.69, 9.17) is 9.47 Å². The maximum atomic E-state index is 12.1. The molecule has 0 bridgehead atoms. The molecule has 1 aliphatic heterocycles. The van der Waals surface area contributed by atoms with Crippen molar-refractivity contribution in [1.82, 2.24) is 5.32 Å². The van der Waals surface area contributed by atoms with Crippen molar-refractivity contribution in [3.05, 3.63) is 58.1 Å². The third kappa shape index (κ3) is 6.06. The second-order valence-electron chi connectivity index (χ2n) is 6.94. The summed E-state index contributed by atoms with van der Waals surface area (Å²) in [6.07, 6.45) is 1.02. The normalized spacial score (nSPS) is 12.7. The molecule has 2 aromatic carbocycles. The standard InChI is InChI=1S/C22H23BrN2O5/c1-15-2-4-16(5-3-15)6-9-20(26)24-10-11-29-22(28)13-25-18-8-7-17(23)12-19(18)30-14-21(25)27/h2-5,7-8,12H,6,9-11,13-14H2,1H3,(H,24,26). The van der Waals surface area contributed by atoms with Gasteiger partial charge in [0.25, 0.3) is 5.91 Å². The van der Waals surface area contributed by atoms with Crippen molar-refractivity contribution >= 4 is 39.4 Å². The third-order valence-electron chi connectivity index (χ3n) is 4.60. The lowest BCUT2D eigenvalue weighted by atomic mass is 10.1. The van der Waals surface area contributed by atoms with E-state index in [1.54, 1.807) is 18.2 Å². The van der Waals surface area contributed by atoms with Crippen LogP contribution < -0.4 is 15.0 Å². The van der Waals surface area contributed by atoms with Crippen LogP contribution in [0.3, 0.4) is 0 Å². The van der Waals surface area contributed by atoms with Gasteiger partial charge in [0, 0.05) is 10.9 Å². The lowest BCUT2D eigenvalue weighted by Crippen LogP contribution is -2.42. The third-order valence-corrected chi connectivity index (χ3v) is 5.09. The predicted octanol–water partition coefficient (Wildman–Crippen LogP) is 2.78. The number of hydrogen-bond donors (Lipinski definition) is 1. The van der Waals surface area contributed by atoms with Crippen LogP contribution in [-0.2, 0) is 25.5 Å². The van der Waals surface area contributed by atoms with Gasteiger partial charge in [0.15, 0.2) is 6.61 Å². The number of carbonyl (C=O) groups is 3. The number of nitrogens with zero attached hydrogens (tertiary/aromatic N) is 1. The zero-order chi connectivity index (χ0) is 21.5. The van der Waals surface area contributed by atoms with Crippen LogP contribution in [0.5, 0.6) is 5.75 Å². The summed E-state index contributed by atoms with van der Waals surface area (Å²) in [5, 5.41) is 2.73. The van der Waals surface area contributed by atoms with Crippen LogP contribution in [0.1, 0.15) is 17.5 Å². The van der Waals surface area contributed by atoms with Crippen molar-refractivity contribution in [2.75, 3.05) is 31.2 Å². The van der Waals surface area contributed by atoms with Gasteiger partial charge in [-0.05, 0) is 37.1 Å². The summed E-state index contributed by atoms with van der Waals surface area (Å²) >= 11 is 3.35. The molecule has 0 atom stereocenters. The SMILES string of the molecule is Cc1ccc(CCC(=O)NCCOC(=O)CN2C(=O)COc3cc(Br)ccc32)cc1. The average molecular weight is 475 g/mol. The number of aryl methyl sites for hydroxylation is 2. The second kappa shape index (κ2) is 10.2. The lowest BCUT2D eigenvalue weighted by Gasteiger charge is -2.28. The van der Waals surface area contributed by atoms with Crippen LogP contribution in [-0.4, -0.2) is 44.1 Å². The molecule has 0 saturated heterocycles. The summed E-state index contributed by atoms with van der Waals surface area (Å²) in [6.45, 7) is 1.94. The van der Waals surface area contributed by atoms with E-state index in [-0.39, 0.29) is 38.1 Å². The van der Waals surface area contributed by atoms with Crippen molar-refractivity contribution in [2.45, 2.75) is 19.8 Å². The molecule has 1 N–H and O–H groups in total. The molecule has 1 aliphatic rings. The molecule has 0 aliphatic carbocycles. The number of carbonyl (C=O) groups excluding carboxylic acids is 3. The van der Waals surface area contributed by atoms with Gasteiger partial charge in [0.05, 0.1) is 12.2 Å². The molecule has 30 heavy (non-hydrogen) atoms. The predicted molar refractivity (Wildman–Crippen MR) is 115 cm³/mol. The van der Waals surface area contributed by atoms with Crippen molar-refractivity contribution in [1.29, 1.82) is 0 Å². The summed E-state index contributed by atoms with van der Waals surface area (Å²) < 4.78 is 11.4. The highest BCUT2D eigenvalue weighted by Gasteiger charge is 2.27. The Morgan fingerprint density at radius 1 is 1.20 bits per heavy atom. The van der Waals surface area contributed by atoms with E-state index in [1.165, 1.54) is 10.5 Å². The number of amides is 2. The van der Waals surface area contributed by atoms with Gasteiger partial charge in [-0.1, -0.05) is 45.8 Å². The minimum Gasteiger partial charge on any atom is -0.482 e. The number of hydrogen-bond acceptors (Lipinski definition) is 5. The minimum absolute atomic E-state index is 0.0425. The van der Waals surface area contributed by atoms with E-state index < -0.39 is 5.97 Å². The number of halogens is 1. The Bertz CT molecular complexity index is 930. The van der Waals surface area contributed by atoms with Gasteiger partial charge >= 0.3 is 5.97 Å². The van der Waals surface area contributed by atoms with E-state index in [2.05, 4.69) is 21.2 Å². The summed E-state index contributed by atoms with van der Waals surface area (Å²) in [5.41, 5.74) is 2.81. The van der Waals surface area contributed by atoms with Crippen LogP contribution >= 0.6 is 15.9 Å². The van der Waals surface area contributed by atoms with Crippen LogP contribution in [0.25, 0.3) is 0 Å². The largest absolute Gasteiger partial charge is 0.482 e. The van der Waals surface area contributed by atoms with Gasteiger partial charge in [0.2, 0.25) is 5.91 Å². The van der Waals surface area contributed by atoms with Crippen molar-refractivity contribution in [2.24, 2.45) is 0 Å². The van der Waals surface area contributed by atoms with Crippen LogP contribution in [0.4, 0.5) is 5.69 Å². The molecule has 0 saturated carbocycles. The fourth-order valence-corrected chi connectivity index (χ4v) is 3.32. The van der Waals surface area contributed by atoms with Crippen LogP contribution in [0, 0.1) is 6.92 Å².